The van der Waals surface area contributed by atoms with Crippen molar-refractivity contribution >= 4 is 21.6 Å². The third-order valence-corrected chi connectivity index (χ3v) is 4.16. The van der Waals surface area contributed by atoms with Crippen molar-refractivity contribution < 1.29 is 5.11 Å². The number of benzene rings is 2. The van der Waals surface area contributed by atoms with E-state index in [1.165, 1.54) is 16.7 Å². The van der Waals surface area contributed by atoms with Gasteiger partial charge in [0.25, 0.3) is 0 Å². The Morgan fingerprint density at radius 2 is 1.95 bits per heavy atom. The van der Waals surface area contributed by atoms with Gasteiger partial charge in [0.15, 0.2) is 0 Å². The van der Waals surface area contributed by atoms with Crippen LogP contribution in [0, 0.1) is 6.92 Å². The first-order chi connectivity index (χ1) is 9.69. The highest BCUT2D eigenvalue weighted by Crippen LogP contribution is 2.18. The van der Waals surface area contributed by atoms with Gasteiger partial charge in [0.05, 0.1) is 0 Å². The zero-order valence-corrected chi connectivity index (χ0v) is 13.3. The molecule has 0 aromatic heterocycles. The minimum atomic E-state index is 0.246. The molecule has 2 N–H and O–H groups in total. The molecule has 0 atom stereocenters. The van der Waals surface area contributed by atoms with Gasteiger partial charge in [-0.15, -0.1) is 0 Å². The minimum absolute atomic E-state index is 0.246. The summed E-state index contributed by atoms with van der Waals surface area (Å²) in [7, 11) is 0. The summed E-state index contributed by atoms with van der Waals surface area (Å²) in [5.74, 6) is 0. The SMILES string of the molecule is Cc1cc(CNc2cccc(CCCO)c2)ccc1Br. The fourth-order valence-electron chi connectivity index (χ4n) is 2.14. The van der Waals surface area contributed by atoms with Crippen molar-refractivity contribution in [3.8, 4) is 0 Å². The lowest BCUT2D eigenvalue weighted by Crippen LogP contribution is -2.00. The Kier molecular flexibility index (Phi) is 5.62. The lowest BCUT2D eigenvalue weighted by atomic mass is 10.1. The molecule has 0 radical (unpaired) electrons. The highest BCUT2D eigenvalue weighted by atomic mass is 79.9. The van der Waals surface area contributed by atoms with Gasteiger partial charge in [-0.05, 0) is 54.7 Å². The molecule has 0 fully saturated rings. The lowest BCUT2D eigenvalue weighted by Gasteiger charge is -2.09. The van der Waals surface area contributed by atoms with Crippen LogP contribution in [0.25, 0.3) is 0 Å². The summed E-state index contributed by atoms with van der Waals surface area (Å²) in [6.45, 7) is 3.16. The summed E-state index contributed by atoms with van der Waals surface area (Å²) in [5, 5.41) is 12.3. The van der Waals surface area contributed by atoms with E-state index in [9.17, 15) is 0 Å². The van der Waals surface area contributed by atoms with Crippen LogP contribution in [0.5, 0.6) is 0 Å². The molecular weight excluding hydrogens is 314 g/mol. The number of aliphatic hydroxyl groups excluding tert-OH is 1. The molecule has 0 spiro atoms. The third kappa shape index (κ3) is 4.36. The highest BCUT2D eigenvalue weighted by molar-refractivity contribution is 9.10. The summed E-state index contributed by atoms with van der Waals surface area (Å²) < 4.78 is 1.15. The molecular formula is C17H20BrNO. The fraction of sp³-hybridized carbons (Fsp3) is 0.294. The zero-order valence-electron chi connectivity index (χ0n) is 11.7. The number of aliphatic hydroxyl groups is 1. The van der Waals surface area contributed by atoms with Gasteiger partial charge >= 0.3 is 0 Å². The molecule has 2 rings (SSSR count). The molecule has 0 saturated carbocycles. The molecule has 0 aliphatic heterocycles. The maximum Gasteiger partial charge on any atom is 0.0434 e. The van der Waals surface area contributed by atoms with Crippen LogP contribution in [0.3, 0.4) is 0 Å². The highest BCUT2D eigenvalue weighted by Gasteiger charge is 1.99. The average molecular weight is 334 g/mol. The zero-order chi connectivity index (χ0) is 14.4. The molecule has 0 aliphatic carbocycles. The molecule has 0 bridgehead atoms. The Morgan fingerprint density at radius 1 is 1.10 bits per heavy atom. The number of halogens is 1. The number of hydrogen-bond acceptors (Lipinski definition) is 2. The Balaban J connectivity index is 1.97. The smallest absolute Gasteiger partial charge is 0.0434 e. The van der Waals surface area contributed by atoms with Gasteiger partial charge < -0.3 is 10.4 Å². The molecule has 2 aromatic carbocycles. The predicted octanol–water partition coefficient (Wildman–Crippen LogP) is 4.29. The number of nitrogens with one attached hydrogen (secondary N) is 1. The van der Waals surface area contributed by atoms with E-state index in [4.69, 9.17) is 5.11 Å². The van der Waals surface area contributed by atoms with Crippen LogP contribution < -0.4 is 5.32 Å². The lowest BCUT2D eigenvalue weighted by molar-refractivity contribution is 0.288. The second-order valence-electron chi connectivity index (χ2n) is 4.96. The summed E-state index contributed by atoms with van der Waals surface area (Å²) in [6, 6.07) is 14.8. The van der Waals surface area contributed by atoms with Crippen LogP contribution in [0.1, 0.15) is 23.1 Å². The van der Waals surface area contributed by atoms with Crippen molar-refractivity contribution in [2.24, 2.45) is 0 Å². The molecule has 2 aromatic rings. The van der Waals surface area contributed by atoms with E-state index in [0.717, 1.165) is 29.5 Å². The Hall–Kier alpha value is -1.32. The molecule has 106 valence electrons. The van der Waals surface area contributed by atoms with Crippen LogP contribution >= 0.6 is 15.9 Å². The van der Waals surface area contributed by atoms with Gasteiger partial charge in [0, 0.05) is 23.3 Å². The standard InChI is InChI=1S/C17H20BrNO/c1-13-10-15(7-8-17(13)18)12-19-16-6-2-4-14(11-16)5-3-9-20/h2,4,6-8,10-11,19-20H,3,5,9,12H2,1H3. The predicted molar refractivity (Wildman–Crippen MR) is 88.1 cm³/mol. The topological polar surface area (TPSA) is 32.3 Å². The van der Waals surface area contributed by atoms with Crippen LogP contribution in [-0.4, -0.2) is 11.7 Å². The van der Waals surface area contributed by atoms with E-state index in [1.807, 2.05) is 0 Å². The quantitative estimate of drug-likeness (QED) is 0.826. The van der Waals surface area contributed by atoms with Gasteiger partial charge in [-0.1, -0.05) is 40.2 Å². The average Bonchev–Trinajstić information content (AvgIpc) is 2.47. The third-order valence-electron chi connectivity index (χ3n) is 3.27. The van der Waals surface area contributed by atoms with Crippen molar-refractivity contribution in [2.75, 3.05) is 11.9 Å². The largest absolute Gasteiger partial charge is 0.396 e. The van der Waals surface area contributed by atoms with Gasteiger partial charge in [-0.3, -0.25) is 0 Å². The summed E-state index contributed by atoms with van der Waals surface area (Å²) in [5.41, 5.74) is 4.91. The van der Waals surface area contributed by atoms with Crippen molar-refractivity contribution in [1.29, 1.82) is 0 Å². The molecule has 0 heterocycles. The molecule has 0 aliphatic rings. The first-order valence-corrected chi connectivity index (χ1v) is 7.67. The van der Waals surface area contributed by atoms with Crippen LogP contribution in [0.2, 0.25) is 0 Å². The molecule has 2 nitrogen and oxygen atoms in total. The van der Waals surface area contributed by atoms with Crippen molar-refractivity contribution in [3.63, 3.8) is 0 Å². The van der Waals surface area contributed by atoms with Crippen molar-refractivity contribution in [2.45, 2.75) is 26.3 Å². The van der Waals surface area contributed by atoms with Gasteiger partial charge in [-0.25, -0.2) is 0 Å². The second kappa shape index (κ2) is 7.46. The Bertz CT molecular complexity index is 569. The van der Waals surface area contributed by atoms with E-state index in [1.54, 1.807) is 0 Å². The van der Waals surface area contributed by atoms with E-state index in [0.29, 0.717) is 0 Å². The van der Waals surface area contributed by atoms with Gasteiger partial charge in [-0.2, -0.15) is 0 Å². The maximum atomic E-state index is 8.88. The monoisotopic (exact) mass is 333 g/mol. The summed E-state index contributed by atoms with van der Waals surface area (Å²) in [6.07, 6.45) is 1.73. The van der Waals surface area contributed by atoms with E-state index in [2.05, 4.69) is 70.6 Å². The first-order valence-electron chi connectivity index (χ1n) is 6.88. The molecule has 3 heteroatoms. The van der Waals surface area contributed by atoms with Crippen LogP contribution in [0.4, 0.5) is 5.69 Å². The normalized spacial score (nSPS) is 10.6. The van der Waals surface area contributed by atoms with Crippen LogP contribution in [0.15, 0.2) is 46.9 Å². The molecule has 0 amide bonds. The van der Waals surface area contributed by atoms with Gasteiger partial charge in [0.1, 0.15) is 0 Å². The number of hydrogen-bond donors (Lipinski definition) is 2. The molecule has 20 heavy (non-hydrogen) atoms. The second-order valence-corrected chi connectivity index (χ2v) is 5.82. The minimum Gasteiger partial charge on any atom is -0.396 e. The number of rotatable bonds is 6. The number of aryl methyl sites for hydroxylation is 2. The summed E-state index contributed by atoms with van der Waals surface area (Å²) in [4.78, 5) is 0. The Labute approximate surface area is 129 Å². The van der Waals surface area contributed by atoms with Gasteiger partial charge in [0.2, 0.25) is 0 Å². The summed E-state index contributed by atoms with van der Waals surface area (Å²) >= 11 is 3.52. The van der Waals surface area contributed by atoms with Crippen molar-refractivity contribution in [1.82, 2.24) is 0 Å². The van der Waals surface area contributed by atoms with E-state index in [-0.39, 0.29) is 6.61 Å². The fourth-order valence-corrected chi connectivity index (χ4v) is 2.39. The van der Waals surface area contributed by atoms with Crippen LogP contribution in [-0.2, 0) is 13.0 Å². The van der Waals surface area contributed by atoms with E-state index < -0.39 is 0 Å². The first kappa shape index (κ1) is 15.1. The Morgan fingerprint density at radius 3 is 2.70 bits per heavy atom. The molecule has 0 unspecified atom stereocenters. The van der Waals surface area contributed by atoms with Crippen molar-refractivity contribution in [3.05, 3.63) is 63.6 Å². The maximum absolute atomic E-state index is 8.88. The number of anilines is 1. The molecule has 0 saturated heterocycles. The van der Waals surface area contributed by atoms with E-state index >= 15 is 0 Å².